The van der Waals surface area contributed by atoms with Gasteiger partial charge in [0.15, 0.2) is 4.34 Å². The van der Waals surface area contributed by atoms with Gasteiger partial charge in [-0.15, -0.1) is 11.3 Å². The van der Waals surface area contributed by atoms with E-state index in [1.165, 1.54) is 0 Å². The molecule has 0 atom stereocenters. The van der Waals surface area contributed by atoms with Crippen molar-refractivity contribution >= 4 is 45.6 Å². The molecule has 6 heteroatoms. The molecule has 2 heterocycles. The number of benzene rings is 2. The third-order valence-corrected chi connectivity index (χ3v) is 6.39. The van der Waals surface area contributed by atoms with E-state index in [2.05, 4.69) is 21.4 Å². The van der Waals surface area contributed by atoms with E-state index < -0.39 is 0 Å². The lowest BCUT2D eigenvalue weighted by atomic mass is 10.1. The number of para-hydroxylation sites is 1. The predicted octanol–water partition coefficient (Wildman–Crippen LogP) is 5.64. The number of hydrogen-bond acceptors (Lipinski definition) is 5. The Kier molecular flexibility index (Phi) is 5.41. The second kappa shape index (κ2) is 8.12. The molecule has 0 radical (unpaired) electrons. The number of carbonyl (C=O) groups is 1. The molecule has 0 fully saturated rings. The Morgan fingerprint density at radius 2 is 2.00 bits per heavy atom. The van der Waals surface area contributed by atoms with Gasteiger partial charge in [-0.2, -0.15) is 0 Å². The van der Waals surface area contributed by atoms with Gasteiger partial charge in [0.1, 0.15) is 0 Å². The SMILES string of the molecule is Cc1csc(Sc2ccc(NC(=O)Cc3cccc4cccnc34)c(C)c2)n1. The molecule has 0 aliphatic carbocycles. The van der Waals surface area contributed by atoms with Crippen molar-refractivity contribution in [1.29, 1.82) is 0 Å². The Balaban J connectivity index is 1.47. The fourth-order valence-electron chi connectivity index (χ4n) is 3.00. The smallest absolute Gasteiger partial charge is 0.228 e. The topological polar surface area (TPSA) is 54.9 Å². The van der Waals surface area contributed by atoms with Crippen LogP contribution >= 0.6 is 23.1 Å². The maximum absolute atomic E-state index is 12.6. The van der Waals surface area contributed by atoms with Crippen LogP contribution in [0.25, 0.3) is 10.9 Å². The van der Waals surface area contributed by atoms with Crippen LogP contribution in [0, 0.1) is 13.8 Å². The van der Waals surface area contributed by atoms with Crippen molar-refractivity contribution in [2.45, 2.75) is 29.5 Å². The van der Waals surface area contributed by atoms with Crippen molar-refractivity contribution in [3.8, 4) is 0 Å². The summed E-state index contributed by atoms with van der Waals surface area (Å²) in [6, 6.07) is 15.9. The van der Waals surface area contributed by atoms with E-state index in [1.54, 1.807) is 29.3 Å². The number of carbonyl (C=O) groups excluding carboxylic acids is 1. The van der Waals surface area contributed by atoms with Gasteiger partial charge in [0.05, 0.1) is 11.9 Å². The van der Waals surface area contributed by atoms with Crippen LogP contribution in [0.2, 0.25) is 0 Å². The van der Waals surface area contributed by atoms with Gasteiger partial charge in [-0.05, 0) is 49.2 Å². The first-order valence-electron chi connectivity index (χ1n) is 8.91. The van der Waals surface area contributed by atoms with Crippen molar-refractivity contribution in [1.82, 2.24) is 9.97 Å². The van der Waals surface area contributed by atoms with Crippen LogP contribution in [0.5, 0.6) is 0 Å². The average Bonchev–Trinajstić information content (AvgIpc) is 3.09. The highest BCUT2D eigenvalue weighted by Gasteiger charge is 2.10. The van der Waals surface area contributed by atoms with Crippen molar-refractivity contribution in [3.05, 3.63) is 76.9 Å². The molecule has 1 amide bonds. The third kappa shape index (κ3) is 4.24. The number of rotatable bonds is 5. The van der Waals surface area contributed by atoms with Crippen LogP contribution in [0.15, 0.2) is 69.3 Å². The van der Waals surface area contributed by atoms with E-state index in [0.29, 0.717) is 6.42 Å². The van der Waals surface area contributed by atoms with Crippen LogP contribution in [-0.2, 0) is 11.2 Å². The van der Waals surface area contributed by atoms with Crippen LogP contribution in [-0.4, -0.2) is 15.9 Å². The van der Waals surface area contributed by atoms with E-state index in [-0.39, 0.29) is 5.91 Å². The van der Waals surface area contributed by atoms with Crippen molar-refractivity contribution in [3.63, 3.8) is 0 Å². The quantitative estimate of drug-likeness (QED) is 0.467. The van der Waals surface area contributed by atoms with Crippen LogP contribution in [0.3, 0.4) is 0 Å². The summed E-state index contributed by atoms with van der Waals surface area (Å²) in [5, 5.41) is 6.12. The molecule has 0 bridgehead atoms. The van der Waals surface area contributed by atoms with E-state index >= 15 is 0 Å². The fourth-order valence-corrected chi connectivity index (χ4v) is 4.91. The summed E-state index contributed by atoms with van der Waals surface area (Å²) < 4.78 is 1.03. The number of pyridine rings is 1. The monoisotopic (exact) mass is 405 g/mol. The maximum Gasteiger partial charge on any atom is 0.228 e. The maximum atomic E-state index is 12.6. The molecule has 0 aliphatic heterocycles. The molecular weight excluding hydrogens is 386 g/mol. The molecule has 0 unspecified atom stereocenters. The molecule has 140 valence electrons. The molecule has 28 heavy (non-hydrogen) atoms. The highest BCUT2D eigenvalue weighted by atomic mass is 32.2. The minimum Gasteiger partial charge on any atom is -0.326 e. The average molecular weight is 406 g/mol. The van der Waals surface area contributed by atoms with Crippen molar-refractivity contribution in [2.75, 3.05) is 5.32 Å². The zero-order chi connectivity index (χ0) is 19.5. The fraction of sp³-hybridized carbons (Fsp3) is 0.136. The molecule has 0 saturated heterocycles. The second-order valence-electron chi connectivity index (χ2n) is 6.55. The van der Waals surface area contributed by atoms with Gasteiger partial charge in [0.25, 0.3) is 0 Å². The standard InChI is InChI=1S/C22H19N3OS2/c1-14-11-18(28-22-24-15(2)13-27-22)8-9-19(14)25-20(26)12-17-6-3-5-16-7-4-10-23-21(16)17/h3-11,13H,12H2,1-2H3,(H,25,26). The lowest BCUT2D eigenvalue weighted by Crippen LogP contribution is -2.15. The molecule has 4 nitrogen and oxygen atoms in total. The van der Waals surface area contributed by atoms with Gasteiger partial charge in [-0.3, -0.25) is 9.78 Å². The minimum atomic E-state index is -0.0443. The van der Waals surface area contributed by atoms with Gasteiger partial charge >= 0.3 is 0 Å². The van der Waals surface area contributed by atoms with E-state index in [0.717, 1.165) is 42.6 Å². The Morgan fingerprint density at radius 1 is 1.14 bits per heavy atom. The van der Waals surface area contributed by atoms with Crippen LogP contribution < -0.4 is 5.32 Å². The zero-order valence-corrected chi connectivity index (χ0v) is 17.2. The van der Waals surface area contributed by atoms with Gasteiger partial charge < -0.3 is 5.32 Å². The molecule has 0 spiro atoms. The summed E-state index contributed by atoms with van der Waals surface area (Å²) in [5.41, 5.74) is 4.71. The Labute approximate surface area is 172 Å². The number of aromatic nitrogens is 2. The van der Waals surface area contributed by atoms with E-state index in [9.17, 15) is 4.79 Å². The first-order chi connectivity index (χ1) is 13.6. The number of thiazole rings is 1. The molecule has 1 N–H and O–H groups in total. The molecular formula is C22H19N3OS2. The molecule has 2 aromatic heterocycles. The normalized spacial score (nSPS) is 10.9. The van der Waals surface area contributed by atoms with Gasteiger partial charge in [0.2, 0.25) is 5.91 Å². The van der Waals surface area contributed by atoms with Gasteiger partial charge in [-0.25, -0.2) is 4.98 Å². The summed E-state index contributed by atoms with van der Waals surface area (Å²) >= 11 is 3.28. The summed E-state index contributed by atoms with van der Waals surface area (Å²) in [7, 11) is 0. The largest absolute Gasteiger partial charge is 0.326 e. The van der Waals surface area contributed by atoms with E-state index in [1.807, 2.05) is 61.7 Å². The predicted molar refractivity (Wildman–Crippen MR) is 116 cm³/mol. The Bertz CT molecular complexity index is 1150. The number of nitrogens with zero attached hydrogens (tertiary/aromatic N) is 2. The number of nitrogens with one attached hydrogen (secondary N) is 1. The molecule has 2 aromatic carbocycles. The summed E-state index contributed by atoms with van der Waals surface area (Å²) in [6.45, 7) is 4.00. The van der Waals surface area contributed by atoms with Gasteiger partial charge in [-0.1, -0.05) is 36.0 Å². The highest BCUT2D eigenvalue weighted by molar-refractivity contribution is 8.01. The van der Waals surface area contributed by atoms with Gasteiger partial charge in [0, 0.05) is 33.2 Å². The van der Waals surface area contributed by atoms with Crippen LogP contribution in [0.1, 0.15) is 16.8 Å². The molecule has 4 rings (SSSR count). The lowest BCUT2D eigenvalue weighted by molar-refractivity contribution is -0.115. The van der Waals surface area contributed by atoms with Crippen molar-refractivity contribution in [2.24, 2.45) is 0 Å². The second-order valence-corrected chi connectivity index (χ2v) is 8.73. The zero-order valence-electron chi connectivity index (χ0n) is 15.6. The lowest BCUT2D eigenvalue weighted by Gasteiger charge is -2.11. The minimum absolute atomic E-state index is 0.0443. The Morgan fingerprint density at radius 3 is 2.79 bits per heavy atom. The first kappa shape index (κ1) is 18.7. The third-order valence-electron chi connectivity index (χ3n) is 4.34. The number of fused-ring (bicyclic) bond motifs is 1. The summed E-state index contributed by atoms with van der Waals surface area (Å²) in [5.74, 6) is -0.0443. The summed E-state index contributed by atoms with van der Waals surface area (Å²) in [4.78, 5) is 22.6. The van der Waals surface area contributed by atoms with E-state index in [4.69, 9.17) is 0 Å². The number of anilines is 1. The molecule has 0 aliphatic rings. The van der Waals surface area contributed by atoms with Crippen LogP contribution in [0.4, 0.5) is 5.69 Å². The number of amides is 1. The molecule has 4 aromatic rings. The van der Waals surface area contributed by atoms with Crippen molar-refractivity contribution < 1.29 is 4.79 Å². The molecule has 0 saturated carbocycles. The summed E-state index contributed by atoms with van der Waals surface area (Å²) in [6.07, 6.45) is 2.05. The highest BCUT2D eigenvalue weighted by Crippen LogP contribution is 2.32. The Hall–Kier alpha value is -2.70. The number of hydrogen-bond donors (Lipinski definition) is 1. The first-order valence-corrected chi connectivity index (χ1v) is 10.6. The number of aryl methyl sites for hydroxylation is 2.